The van der Waals surface area contributed by atoms with Gasteiger partial charge in [-0.15, -0.1) is 0 Å². The van der Waals surface area contributed by atoms with Crippen molar-refractivity contribution in [3.05, 3.63) is 43.5 Å². The Balaban J connectivity index is 2.03. The minimum atomic E-state index is -3.94. The van der Waals surface area contributed by atoms with Crippen LogP contribution in [-0.2, 0) is 16.6 Å². The van der Waals surface area contributed by atoms with Gasteiger partial charge in [-0.3, -0.25) is 14.1 Å². The maximum atomic E-state index is 14.4. The van der Waals surface area contributed by atoms with Crippen molar-refractivity contribution in [1.82, 2.24) is 4.57 Å². The zero-order valence-electron chi connectivity index (χ0n) is 16.7. The Labute approximate surface area is 192 Å². The molecule has 12 heteroatoms. The molecule has 1 aliphatic rings. The molecule has 170 valence electrons. The molecule has 0 unspecified atom stereocenters. The topological polar surface area (TPSA) is 130 Å². The van der Waals surface area contributed by atoms with Crippen molar-refractivity contribution >= 4 is 49.7 Å². The van der Waals surface area contributed by atoms with Crippen molar-refractivity contribution in [1.29, 1.82) is 0 Å². The number of nitrogens with one attached hydrogen (secondary N) is 2. The Hall–Kier alpha value is -1.90. The Bertz CT molecular complexity index is 1130. The number of fused-ring (bicyclic) bond motifs is 1. The number of aliphatic hydroxyl groups excluding tert-OH is 2. The summed E-state index contributed by atoms with van der Waals surface area (Å²) < 4.78 is 49.9. The number of rotatable bonds is 9. The summed E-state index contributed by atoms with van der Waals surface area (Å²) >= 11 is 1.97. The number of hydrogen-bond acceptors (Lipinski definition) is 7. The van der Waals surface area contributed by atoms with Gasteiger partial charge in [-0.2, -0.15) is 0 Å². The van der Waals surface area contributed by atoms with Crippen LogP contribution in [-0.4, -0.2) is 48.8 Å². The van der Waals surface area contributed by atoms with Gasteiger partial charge in [-0.25, -0.2) is 12.8 Å². The SMILES string of the molecule is Cc1c(Nc2ccc(I)cc2F)c(NS(=O)(=O)CCC(CO)CO)c2n(c1=O)CCO2. The highest BCUT2D eigenvalue weighted by Gasteiger charge is 2.28. The largest absolute Gasteiger partial charge is 0.475 e. The first kappa shape index (κ1) is 23.8. The third kappa shape index (κ3) is 5.30. The lowest BCUT2D eigenvalue weighted by Gasteiger charge is -2.20. The summed E-state index contributed by atoms with van der Waals surface area (Å²) in [6, 6.07) is 4.47. The van der Waals surface area contributed by atoms with E-state index in [0.717, 1.165) is 0 Å². The first-order chi connectivity index (χ1) is 14.7. The van der Waals surface area contributed by atoms with E-state index in [9.17, 15) is 27.8 Å². The van der Waals surface area contributed by atoms with Crippen LogP contribution in [0.1, 0.15) is 12.0 Å². The number of pyridine rings is 1. The number of aromatic nitrogens is 1. The van der Waals surface area contributed by atoms with Crippen LogP contribution in [0.5, 0.6) is 5.88 Å². The van der Waals surface area contributed by atoms with Crippen molar-refractivity contribution in [3.8, 4) is 5.88 Å². The van der Waals surface area contributed by atoms with Crippen LogP contribution in [0.4, 0.5) is 21.5 Å². The molecule has 1 aromatic carbocycles. The first-order valence-electron chi connectivity index (χ1n) is 9.51. The third-order valence-corrected chi connectivity index (χ3v) is 6.92. The number of benzene rings is 1. The van der Waals surface area contributed by atoms with Crippen LogP contribution in [0.3, 0.4) is 0 Å². The van der Waals surface area contributed by atoms with Gasteiger partial charge in [-0.05, 0) is 54.1 Å². The Morgan fingerprint density at radius 1 is 1.29 bits per heavy atom. The van der Waals surface area contributed by atoms with Gasteiger partial charge < -0.3 is 20.3 Å². The number of sulfonamides is 1. The van der Waals surface area contributed by atoms with Gasteiger partial charge in [0.2, 0.25) is 15.9 Å². The predicted octanol–water partition coefficient (Wildman–Crippen LogP) is 1.77. The molecule has 2 aromatic rings. The summed E-state index contributed by atoms with van der Waals surface area (Å²) in [4.78, 5) is 12.7. The van der Waals surface area contributed by atoms with E-state index in [1.165, 1.54) is 23.6 Å². The summed E-state index contributed by atoms with van der Waals surface area (Å²) in [5.41, 5.74) is 0.0183. The normalized spacial score (nSPS) is 13.2. The molecule has 3 rings (SSSR count). The monoisotopic (exact) mass is 567 g/mol. The average molecular weight is 567 g/mol. The molecule has 0 saturated carbocycles. The molecule has 31 heavy (non-hydrogen) atoms. The second-order valence-electron chi connectivity index (χ2n) is 7.18. The molecule has 9 nitrogen and oxygen atoms in total. The van der Waals surface area contributed by atoms with E-state index in [1.54, 1.807) is 6.07 Å². The number of ether oxygens (including phenoxy) is 1. The molecule has 4 N–H and O–H groups in total. The quantitative estimate of drug-likeness (QED) is 0.340. The van der Waals surface area contributed by atoms with Crippen LogP contribution in [0.25, 0.3) is 0 Å². The average Bonchev–Trinajstić information content (AvgIpc) is 3.21. The standard InChI is InChI=1S/C19H23FIN3O6S/c1-11-16(22-15-3-2-13(21)8-14(15)20)17(19-24(18(11)27)5-6-30-19)23-31(28,29)7-4-12(9-25)10-26/h2-3,8,12,22-23,25-26H,4-7,9-10H2,1H3. The number of anilines is 3. The zero-order chi connectivity index (χ0) is 22.8. The van der Waals surface area contributed by atoms with E-state index < -0.39 is 21.8 Å². The first-order valence-corrected chi connectivity index (χ1v) is 12.2. The number of halogens is 2. The molecule has 0 amide bonds. The Morgan fingerprint density at radius 2 is 2.00 bits per heavy atom. The lowest BCUT2D eigenvalue weighted by atomic mass is 10.1. The minimum absolute atomic E-state index is 0.0112. The molecule has 0 spiro atoms. The molecular formula is C19H23FIN3O6S. The summed E-state index contributed by atoms with van der Waals surface area (Å²) in [6.45, 7) is 1.29. The highest BCUT2D eigenvalue weighted by molar-refractivity contribution is 14.1. The fourth-order valence-electron chi connectivity index (χ4n) is 3.16. The maximum absolute atomic E-state index is 14.4. The smallest absolute Gasteiger partial charge is 0.258 e. The van der Waals surface area contributed by atoms with Gasteiger partial charge in [-0.1, -0.05) is 0 Å². The fourth-order valence-corrected chi connectivity index (χ4v) is 4.86. The van der Waals surface area contributed by atoms with Crippen molar-refractivity contribution in [2.45, 2.75) is 19.9 Å². The zero-order valence-corrected chi connectivity index (χ0v) is 19.7. The van der Waals surface area contributed by atoms with Crippen LogP contribution in [0, 0.1) is 22.2 Å². The van der Waals surface area contributed by atoms with Crippen molar-refractivity contribution < 1.29 is 27.8 Å². The van der Waals surface area contributed by atoms with Crippen molar-refractivity contribution in [3.63, 3.8) is 0 Å². The highest BCUT2D eigenvalue weighted by atomic mass is 127. The van der Waals surface area contributed by atoms with Gasteiger partial charge in [0, 0.05) is 28.3 Å². The van der Waals surface area contributed by atoms with Crippen LogP contribution >= 0.6 is 22.6 Å². The molecule has 0 atom stereocenters. The molecule has 1 aromatic heterocycles. The minimum Gasteiger partial charge on any atom is -0.475 e. The second kappa shape index (κ2) is 9.71. The lowest BCUT2D eigenvalue weighted by Crippen LogP contribution is -2.26. The molecule has 0 radical (unpaired) electrons. The number of aliphatic hydroxyl groups is 2. The molecule has 2 heterocycles. The molecule has 0 bridgehead atoms. The van der Waals surface area contributed by atoms with Gasteiger partial charge in [0.05, 0.1) is 23.7 Å². The van der Waals surface area contributed by atoms with Crippen LogP contribution < -0.4 is 20.3 Å². The van der Waals surface area contributed by atoms with Gasteiger partial charge in [0.25, 0.3) is 5.56 Å². The van der Waals surface area contributed by atoms with Gasteiger partial charge >= 0.3 is 0 Å². The van der Waals surface area contributed by atoms with E-state index in [4.69, 9.17) is 4.74 Å². The Kier molecular flexibility index (Phi) is 7.44. The van der Waals surface area contributed by atoms with Gasteiger partial charge in [0.1, 0.15) is 18.1 Å². The molecule has 0 fully saturated rings. The fraction of sp³-hybridized carbons (Fsp3) is 0.421. The van der Waals surface area contributed by atoms with E-state index in [2.05, 4.69) is 10.0 Å². The predicted molar refractivity (Wildman–Crippen MR) is 123 cm³/mol. The Morgan fingerprint density at radius 3 is 2.65 bits per heavy atom. The van der Waals surface area contributed by atoms with Crippen LogP contribution in [0.15, 0.2) is 23.0 Å². The van der Waals surface area contributed by atoms with E-state index in [1.807, 2.05) is 22.6 Å². The number of nitrogens with zero attached hydrogens (tertiary/aromatic N) is 1. The van der Waals surface area contributed by atoms with Crippen LogP contribution in [0.2, 0.25) is 0 Å². The number of hydrogen-bond donors (Lipinski definition) is 4. The summed E-state index contributed by atoms with van der Waals surface area (Å²) in [5, 5.41) is 21.2. The van der Waals surface area contributed by atoms with Gasteiger partial charge in [0.15, 0.2) is 0 Å². The molecule has 1 aliphatic heterocycles. The van der Waals surface area contributed by atoms with E-state index in [-0.39, 0.29) is 72.6 Å². The van der Waals surface area contributed by atoms with Crippen molar-refractivity contribution in [2.24, 2.45) is 5.92 Å². The summed E-state index contributed by atoms with van der Waals surface area (Å²) in [7, 11) is -3.94. The molecule has 0 aliphatic carbocycles. The summed E-state index contributed by atoms with van der Waals surface area (Å²) in [5.74, 6) is -1.45. The molecular weight excluding hydrogens is 544 g/mol. The van der Waals surface area contributed by atoms with E-state index in [0.29, 0.717) is 3.57 Å². The second-order valence-corrected chi connectivity index (χ2v) is 10.3. The maximum Gasteiger partial charge on any atom is 0.258 e. The summed E-state index contributed by atoms with van der Waals surface area (Å²) in [6.07, 6.45) is 0.0334. The lowest BCUT2D eigenvalue weighted by molar-refractivity contribution is 0.148. The third-order valence-electron chi connectivity index (χ3n) is 4.96. The highest BCUT2D eigenvalue weighted by Crippen LogP contribution is 2.38. The molecule has 0 saturated heterocycles. The van der Waals surface area contributed by atoms with E-state index >= 15 is 0 Å². The van der Waals surface area contributed by atoms with Crippen molar-refractivity contribution in [2.75, 3.05) is 35.6 Å².